The molecule has 3 N–H and O–H groups in total. The fraction of sp³-hybridized carbons (Fsp3) is 0.357. The minimum atomic E-state index is -1.95. The Labute approximate surface area is 449 Å². The Morgan fingerprint density at radius 2 is 1.88 bits per heavy atom. The average Bonchev–Trinajstić information content (AvgIpc) is 4.35. The SMILES string of the molecule is C=C(C(=O)N1CCN(c2nc(OCC3CCCN3C)nc3c(F)c(-c4ccc(F)c5sc(N)c(C#N)c45)c(Cl)cc23)CC1CC#N)C(C)Oc1ccc2nc3c(c(CC)c2c1)Cn1c-3cc2c(c1=O)COC(=O)C2(O)CC. The van der Waals surface area contributed by atoms with Crippen LogP contribution in [-0.2, 0) is 39.5 Å². The number of nitriles is 2. The molecule has 77 heavy (non-hydrogen) atoms. The van der Waals surface area contributed by atoms with Crippen molar-refractivity contribution >= 4 is 77.5 Å². The normalized spacial score (nSPS) is 19.4. The number of pyridine rings is 2. The molecule has 0 bridgehead atoms. The molecule has 8 heterocycles. The summed E-state index contributed by atoms with van der Waals surface area (Å²) in [5, 5.41) is 32.7. The standard InChI is InChI=1S/C56H51ClF2N10O7S/c1-6-32-34-19-31(10-13-42(34)63-47-37(32)24-69-43(47)21-39-38(53(69)71)26-74-54(72)56(39,73)7-2)76-28(4)27(3)52(70)68-18-17-67(23-29(68)14-15-60)51-35-20-40(57)45(33-11-12-41(58)49-44(33)36(22-61)50(62)77-49)46(59)48(35)64-55(65-51)75-25-30-9-8-16-66(30)5/h10-13,19-21,28-30,73H,3,6-9,14,16-18,23-26,62H2,1-2,4-5H3. The molecule has 0 radical (unpaired) electrons. The van der Waals surface area contributed by atoms with Crippen LogP contribution < -0.4 is 25.7 Å². The number of halogens is 3. The Hall–Kier alpha value is -7.75. The zero-order valence-corrected chi connectivity index (χ0v) is 44.1. The van der Waals surface area contributed by atoms with Crippen LogP contribution >= 0.6 is 22.9 Å². The Bertz CT molecular complexity index is 3860. The summed E-state index contributed by atoms with van der Waals surface area (Å²) in [6, 6.07) is 14.7. The van der Waals surface area contributed by atoms with Gasteiger partial charge in [0, 0.05) is 64.1 Å². The number of nitrogen functional groups attached to an aromatic ring is 1. The molecule has 4 atom stereocenters. The highest BCUT2D eigenvalue weighted by Crippen LogP contribution is 2.47. The average molecular weight is 1080 g/mol. The van der Waals surface area contributed by atoms with Gasteiger partial charge in [-0.1, -0.05) is 38.1 Å². The Balaban J connectivity index is 0.869. The molecular formula is C56H51ClF2N10O7S. The zero-order chi connectivity index (χ0) is 54.4. The summed E-state index contributed by atoms with van der Waals surface area (Å²) in [5.74, 6) is -1.99. The van der Waals surface area contributed by atoms with Crippen LogP contribution in [0.25, 0.3) is 54.4 Å². The number of ether oxygens (including phenoxy) is 3. The second kappa shape index (κ2) is 19.7. The van der Waals surface area contributed by atoms with Gasteiger partial charge in [-0.05, 0) is 93.7 Å². The van der Waals surface area contributed by atoms with Crippen molar-refractivity contribution in [2.24, 2.45) is 0 Å². The number of nitrogens with two attached hydrogens (primary N) is 1. The minimum Gasteiger partial charge on any atom is -0.486 e. The third kappa shape index (κ3) is 8.36. The van der Waals surface area contributed by atoms with Gasteiger partial charge in [0.05, 0.1) is 62.8 Å². The monoisotopic (exact) mass is 1080 g/mol. The van der Waals surface area contributed by atoms with Crippen molar-refractivity contribution in [2.45, 2.75) is 89.8 Å². The van der Waals surface area contributed by atoms with Crippen molar-refractivity contribution < 1.29 is 37.7 Å². The van der Waals surface area contributed by atoms with Gasteiger partial charge in [-0.3, -0.25) is 9.59 Å². The lowest BCUT2D eigenvalue weighted by Crippen LogP contribution is -2.56. The molecule has 4 aromatic heterocycles. The van der Waals surface area contributed by atoms with Gasteiger partial charge in [0.1, 0.15) is 53.3 Å². The number of likely N-dealkylation sites (N-methyl/N-ethyl adjacent to an activating group) is 1. The number of aliphatic hydroxyl groups is 1. The topological polar surface area (TPSA) is 226 Å². The Morgan fingerprint density at radius 3 is 2.61 bits per heavy atom. The molecule has 11 rings (SSSR count). The first-order valence-corrected chi connectivity index (χ1v) is 26.5. The quantitative estimate of drug-likeness (QED) is 0.0867. The lowest BCUT2D eigenvalue weighted by molar-refractivity contribution is -0.172. The number of likely N-dealkylation sites (tertiary alicyclic amines) is 1. The summed E-state index contributed by atoms with van der Waals surface area (Å²) >= 11 is 7.87. The number of carbonyl (C=O) groups is 2. The molecule has 0 spiro atoms. The number of hydrogen-bond donors (Lipinski definition) is 2. The van der Waals surface area contributed by atoms with Crippen LogP contribution in [-0.4, -0.2) is 104 Å². The molecule has 17 nitrogen and oxygen atoms in total. The van der Waals surface area contributed by atoms with Gasteiger partial charge in [0.2, 0.25) is 0 Å². The zero-order valence-electron chi connectivity index (χ0n) is 42.5. The van der Waals surface area contributed by atoms with E-state index >= 15 is 8.78 Å². The molecule has 7 aromatic rings. The summed E-state index contributed by atoms with van der Waals surface area (Å²) in [6.45, 7) is 11.1. The van der Waals surface area contributed by atoms with Crippen molar-refractivity contribution in [1.29, 1.82) is 10.5 Å². The highest BCUT2D eigenvalue weighted by molar-refractivity contribution is 7.23. The van der Waals surface area contributed by atoms with Crippen LogP contribution in [0.5, 0.6) is 11.8 Å². The van der Waals surface area contributed by atoms with E-state index in [9.17, 15) is 30.0 Å². The van der Waals surface area contributed by atoms with E-state index in [0.717, 1.165) is 47.2 Å². The number of thiophene rings is 1. The Morgan fingerprint density at radius 1 is 1.08 bits per heavy atom. The maximum atomic E-state index is 17.4. The summed E-state index contributed by atoms with van der Waals surface area (Å²) in [7, 11) is 2.00. The third-order valence-corrected chi connectivity index (χ3v) is 17.0. The van der Waals surface area contributed by atoms with E-state index in [1.807, 2.05) is 31.0 Å². The van der Waals surface area contributed by atoms with Crippen LogP contribution in [0.15, 0.2) is 59.4 Å². The number of amides is 1. The maximum absolute atomic E-state index is 17.4. The predicted octanol–water partition coefficient (Wildman–Crippen LogP) is 8.28. The highest BCUT2D eigenvalue weighted by atomic mass is 35.5. The maximum Gasteiger partial charge on any atom is 0.343 e. The second-order valence-electron chi connectivity index (χ2n) is 19.9. The van der Waals surface area contributed by atoms with Gasteiger partial charge >= 0.3 is 12.0 Å². The third-order valence-electron chi connectivity index (χ3n) is 15.7. The molecule has 2 saturated heterocycles. The minimum absolute atomic E-state index is 0.000172. The number of benzene rings is 3. The van der Waals surface area contributed by atoms with Crippen LogP contribution in [0.3, 0.4) is 0 Å². The van der Waals surface area contributed by atoms with Crippen molar-refractivity contribution in [1.82, 2.24) is 29.3 Å². The number of aryl methyl sites for hydroxylation is 1. The molecule has 21 heteroatoms. The Kier molecular flexibility index (Phi) is 13.1. The summed E-state index contributed by atoms with van der Waals surface area (Å²) in [6.07, 6.45) is 1.58. The number of fused-ring (bicyclic) bond motifs is 7. The summed E-state index contributed by atoms with van der Waals surface area (Å²) < 4.78 is 52.1. The van der Waals surface area contributed by atoms with Crippen LogP contribution in [0, 0.1) is 34.3 Å². The van der Waals surface area contributed by atoms with Gasteiger partial charge in [-0.2, -0.15) is 20.5 Å². The lowest BCUT2D eigenvalue weighted by Gasteiger charge is -2.42. The van der Waals surface area contributed by atoms with Crippen molar-refractivity contribution in [3.05, 3.63) is 109 Å². The van der Waals surface area contributed by atoms with E-state index in [1.165, 1.54) is 18.2 Å². The molecule has 0 saturated carbocycles. The van der Waals surface area contributed by atoms with E-state index in [0.29, 0.717) is 29.1 Å². The number of hydrogen-bond acceptors (Lipinski definition) is 16. The highest BCUT2D eigenvalue weighted by Gasteiger charge is 2.46. The first-order valence-electron chi connectivity index (χ1n) is 25.3. The van der Waals surface area contributed by atoms with E-state index < -0.39 is 41.3 Å². The largest absolute Gasteiger partial charge is 0.486 e. The molecule has 4 aliphatic heterocycles. The van der Waals surface area contributed by atoms with Crippen LogP contribution in [0.1, 0.15) is 74.3 Å². The first-order chi connectivity index (χ1) is 37.0. The number of piperazine rings is 1. The van der Waals surface area contributed by atoms with Gasteiger partial charge in [-0.15, -0.1) is 11.3 Å². The van der Waals surface area contributed by atoms with Gasteiger partial charge in [0.25, 0.3) is 11.5 Å². The van der Waals surface area contributed by atoms with Gasteiger partial charge in [0.15, 0.2) is 11.4 Å². The molecule has 0 aliphatic carbocycles. The number of nitrogens with zero attached hydrogens (tertiary/aromatic N) is 9. The van der Waals surface area contributed by atoms with Crippen LogP contribution in [0.4, 0.5) is 19.6 Å². The molecule has 1 amide bonds. The van der Waals surface area contributed by atoms with Gasteiger partial charge in [-0.25, -0.2) is 18.6 Å². The number of rotatable bonds is 12. The number of esters is 1. The molecule has 3 aromatic carbocycles. The molecule has 2 fully saturated rings. The summed E-state index contributed by atoms with van der Waals surface area (Å²) in [4.78, 5) is 61.1. The number of carbonyl (C=O) groups excluding carboxylic acids is 2. The van der Waals surface area contributed by atoms with Crippen LogP contribution in [0.2, 0.25) is 5.02 Å². The fourth-order valence-corrected chi connectivity index (χ4v) is 12.7. The van der Waals surface area contributed by atoms with Crippen molar-refractivity contribution in [2.75, 3.05) is 50.5 Å². The van der Waals surface area contributed by atoms with Gasteiger partial charge < -0.3 is 44.3 Å². The fourth-order valence-electron chi connectivity index (χ4n) is 11.4. The molecule has 4 aliphatic rings. The van der Waals surface area contributed by atoms with E-state index in [1.54, 1.807) is 41.5 Å². The smallest absolute Gasteiger partial charge is 0.343 e. The number of aromatic nitrogens is 4. The van der Waals surface area contributed by atoms with E-state index in [4.69, 9.17) is 41.5 Å². The van der Waals surface area contributed by atoms with E-state index in [-0.39, 0.29) is 140 Å². The predicted molar refractivity (Wildman–Crippen MR) is 287 cm³/mol. The summed E-state index contributed by atoms with van der Waals surface area (Å²) in [5.41, 5.74) is 7.84. The van der Waals surface area contributed by atoms with Crippen molar-refractivity contribution in [3.63, 3.8) is 0 Å². The lowest BCUT2D eigenvalue weighted by atomic mass is 9.86. The number of anilines is 2. The molecule has 4 unspecified atom stereocenters. The first kappa shape index (κ1) is 51.4. The van der Waals surface area contributed by atoms with Crippen molar-refractivity contribution in [3.8, 4) is 46.4 Å². The molecular weight excluding hydrogens is 1030 g/mol. The second-order valence-corrected chi connectivity index (χ2v) is 21.4. The van der Waals surface area contributed by atoms with E-state index in [2.05, 4.69) is 22.5 Å². The number of cyclic esters (lactones) is 1. The molecule has 394 valence electrons.